The fourth-order valence-corrected chi connectivity index (χ4v) is 2.43. The molecule has 0 spiro atoms. The third-order valence-electron chi connectivity index (χ3n) is 3.76. The van der Waals surface area contributed by atoms with Gasteiger partial charge in [-0.1, -0.05) is 18.2 Å². The van der Waals surface area contributed by atoms with E-state index in [1.807, 2.05) is 35.2 Å². The molecule has 21 heavy (non-hydrogen) atoms. The Morgan fingerprint density at radius 3 is 2.52 bits per heavy atom. The van der Waals surface area contributed by atoms with Crippen LogP contribution in [0.25, 0.3) is 0 Å². The Labute approximate surface area is 125 Å². The first-order valence-electron chi connectivity index (χ1n) is 7.35. The fourth-order valence-electron chi connectivity index (χ4n) is 2.43. The van der Waals surface area contributed by atoms with Crippen LogP contribution < -0.4 is 10.1 Å². The molecule has 1 aliphatic heterocycles. The predicted octanol–water partition coefficient (Wildman–Crippen LogP) is 1.44. The summed E-state index contributed by atoms with van der Waals surface area (Å²) in [6, 6.07) is 9.29. The van der Waals surface area contributed by atoms with Crippen molar-refractivity contribution in [3.8, 4) is 5.75 Å². The van der Waals surface area contributed by atoms with Crippen LogP contribution in [0.3, 0.4) is 0 Å². The second-order valence-corrected chi connectivity index (χ2v) is 5.36. The lowest BCUT2D eigenvalue weighted by molar-refractivity contribution is -0.130. The Kier molecular flexibility index (Phi) is 5.60. The molecule has 1 aromatic rings. The monoisotopic (exact) mass is 290 g/mol. The van der Waals surface area contributed by atoms with Crippen LogP contribution in [0.1, 0.15) is 19.8 Å². The van der Waals surface area contributed by atoms with Gasteiger partial charge < -0.3 is 15.0 Å². The summed E-state index contributed by atoms with van der Waals surface area (Å²) in [4.78, 5) is 24.8. The van der Waals surface area contributed by atoms with E-state index >= 15 is 0 Å². The Morgan fingerprint density at radius 1 is 1.24 bits per heavy atom. The first-order valence-corrected chi connectivity index (χ1v) is 7.35. The smallest absolute Gasteiger partial charge is 0.257 e. The number of benzene rings is 1. The van der Waals surface area contributed by atoms with E-state index in [1.54, 1.807) is 6.92 Å². The van der Waals surface area contributed by atoms with Crippen LogP contribution in [0, 0.1) is 5.92 Å². The van der Waals surface area contributed by atoms with Crippen molar-refractivity contribution in [3.05, 3.63) is 30.3 Å². The number of likely N-dealkylation sites (tertiary alicyclic amines) is 1. The Morgan fingerprint density at radius 2 is 1.90 bits per heavy atom. The molecule has 1 N–H and O–H groups in total. The lowest BCUT2D eigenvalue weighted by Crippen LogP contribution is -2.41. The zero-order valence-electron chi connectivity index (χ0n) is 12.4. The van der Waals surface area contributed by atoms with Gasteiger partial charge in [-0.3, -0.25) is 9.59 Å². The molecule has 1 aromatic carbocycles. The Hall–Kier alpha value is -2.04. The zero-order chi connectivity index (χ0) is 15.1. The number of amides is 2. The summed E-state index contributed by atoms with van der Waals surface area (Å²) >= 11 is 0. The maximum Gasteiger partial charge on any atom is 0.257 e. The molecular weight excluding hydrogens is 268 g/mol. The number of hydrogen-bond donors (Lipinski definition) is 1. The summed E-state index contributed by atoms with van der Waals surface area (Å²) < 4.78 is 5.39. The molecule has 0 radical (unpaired) electrons. The summed E-state index contributed by atoms with van der Waals surface area (Å²) in [5, 5.41) is 2.90. The van der Waals surface area contributed by atoms with Gasteiger partial charge in [-0.2, -0.15) is 0 Å². The van der Waals surface area contributed by atoms with Crippen LogP contribution >= 0.6 is 0 Å². The zero-order valence-corrected chi connectivity index (χ0v) is 12.4. The second kappa shape index (κ2) is 7.67. The third-order valence-corrected chi connectivity index (χ3v) is 3.76. The maximum absolute atomic E-state index is 11.7. The summed E-state index contributed by atoms with van der Waals surface area (Å²) in [5.41, 5.74) is 0. The number of carbonyl (C=O) groups excluding carboxylic acids is 2. The normalized spacial score (nSPS) is 15.6. The van der Waals surface area contributed by atoms with E-state index in [0.29, 0.717) is 18.2 Å². The first kappa shape index (κ1) is 15.4. The highest BCUT2D eigenvalue weighted by atomic mass is 16.5. The lowest BCUT2D eigenvalue weighted by Gasteiger charge is -2.31. The van der Waals surface area contributed by atoms with Gasteiger partial charge in [-0.25, -0.2) is 0 Å². The SMILES string of the molecule is CC(=O)N1CCC(CNC(=O)COc2ccccc2)CC1. The van der Waals surface area contributed by atoms with Gasteiger partial charge in [0.1, 0.15) is 5.75 Å². The maximum atomic E-state index is 11.7. The summed E-state index contributed by atoms with van der Waals surface area (Å²) in [6.45, 7) is 3.87. The molecule has 0 atom stereocenters. The minimum atomic E-state index is -0.104. The van der Waals surface area contributed by atoms with E-state index in [9.17, 15) is 9.59 Å². The van der Waals surface area contributed by atoms with E-state index in [1.165, 1.54) is 0 Å². The number of nitrogens with one attached hydrogen (secondary N) is 1. The van der Waals surface area contributed by atoms with Gasteiger partial charge in [-0.05, 0) is 30.9 Å². The molecule has 1 heterocycles. The number of hydrogen-bond acceptors (Lipinski definition) is 3. The van der Waals surface area contributed by atoms with Gasteiger partial charge in [0.25, 0.3) is 5.91 Å². The van der Waals surface area contributed by atoms with E-state index in [0.717, 1.165) is 25.9 Å². The average Bonchev–Trinajstić information content (AvgIpc) is 2.52. The summed E-state index contributed by atoms with van der Waals surface area (Å²) in [7, 11) is 0. The third kappa shape index (κ3) is 5.10. The number of rotatable bonds is 5. The van der Waals surface area contributed by atoms with Crippen LogP contribution in [0.2, 0.25) is 0 Å². The van der Waals surface area contributed by atoms with Crippen molar-refractivity contribution in [2.75, 3.05) is 26.2 Å². The van der Waals surface area contributed by atoms with E-state index in [-0.39, 0.29) is 18.4 Å². The highest BCUT2D eigenvalue weighted by molar-refractivity contribution is 5.77. The minimum absolute atomic E-state index is 0.0380. The highest BCUT2D eigenvalue weighted by Gasteiger charge is 2.20. The van der Waals surface area contributed by atoms with Gasteiger partial charge >= 0.3 is 0 Å². The van der Waals surface area contributed by atoms with Crippen molar-refractivity contribution in [1.82, 2.24) is 10.2 Å². The largest absolute Gasteiger partial charge is 0.484 e. The van der Waals surface area contributed by atoms with E-state index in [4.69, 9.17) is 4.74 Å². The molecule has 1 aliphatic rings. The standard InChI is InChI=1S/C16H22N2O3/c1-13(19)18-9-7-14(8-10-18)11-17-16(20)12-21-15-5-3-2-4-6-15/h2-6,14H,7-12H2,1H3,(H,17,20). The van der Waals surface area contributed by atoms with Crippen molar-refractivity contribution in [2.24, 2.45) is 5.92 Å². The summed E-state index contributed by atoms with van der Waals surface area (Å²) in [5.74, 6) is 1.17. The fraction of sp³-hybridized carbons (Fsp3) is 0.500. The van der Waals surface area contributed by atoms with Crippen LogP contribution in [0.15, 0.2) is 30.3 Å². The minimum Gasteiger partial charge on any atom is -0.484 e. The van der Waals surface area contributed by atoms with Gasteiger partial charge in [0.05, 0.1) is 0 Å². The Bertz CT molecular complexity index is 468. The molecule has 0 aliphatic carbocycles. The van der Waals surface area contributed by atoms with Crippen LogP contribution in [0.4, 0.5) is 0 Å². The average molecular weight is 290 g/mol. The molecule has 0 bridgehead atoms. The van der Waals surface area contributed by atoms with Crippen LogP contribution in [0.5, 0.6) is 5.75 Å². The topological polar surface area (TPSA) is 58.6 Å². The van der Waals surface area contributed by atoms with E-state index in [2.05, 4.69) is 5.32 Å². The molecule has 1 saturated heterocycles. The van der Waals surface area contributed by atoms with Crippen molar-refractivity contribution in [3.63, 3.8) is 0 Å². The summed E-state index contributed by atoms with van der Waals surface area (Å²) in [6.07, 6.45) is 1.89. The molecule has 2 rings (SSSR count). The number of carbonyl (C=O) groups is 2. The number of piperidine rings is 1. The molecule has 2 amide bonds. The quantitative estimate of drug-likeness (QED) is 0.892. The number of nitrogens with zero attached hydrogens (tertiary/aromatic N) is 1. The van der Waals surface area contributed by atoms with Gasteiger partial charge in [0, 0.05) is 26.6 Å². The highest BCUT2D eigenvalue weighted by Crippen LogP contribution is 2.16. The second-order valence-electron chi connectivity index (χ2n) is 5.36. The van der Waals surface area contributed by atoms with Crippen molar-refractivity contribution in [1.29, 1.82) is 0 Å². The lowest BCUT2D eigenvalue weighted by atomic mass is 9.97. The molecular formula is C16H22N2O3. The van der Waals surface area contributed by atoms with Crippen LogP contribution in [-0.4, -0.2) is 43.0 Å². The molecule has 0 aromatic heterocycles. The molecule has 1 fully saturated rings. The first-order chi connectivity index (χ1) is 10.1. The Balaban J connectivity index is 1.62. The molecule has 5 nitrogen and oxygen atoms in total. The molecule has 5 heteroatoms. The van der Waals surface area contributed by atoms with Crippen molar-refractivity contribution in [2.45, 2.75) is 19.8 Å². The molecule has 114 valence electrons. The number of ether oxygens (including phenoxy) is 1. The van der Waals surface area contributed by atoms with Gasteiger partial charge in [0.15, 0.2) is 6.61 Å². The number of para-hydroxylation sites is 1. The van der Waals surface area contributed by atoms with Crippen LogP contribution in [-0.2, 0) is 9.59 Å². The molecule has 0 unspecified atom stereocenters. The van der Waals surface area contributed by atoms with Gasteiger partial charge in [-0.15, -0.1) is 0 Å². The van der Waals surface area contributed by atoms with E-state index < -0.39 is 0 Å². The van der Waals surface area contributed by atoms with Crippen molar-refractivity contribution < 1.29 is 14.3 Å². The van der Waals surface area contributed by atoms with Crippen molar-refractivity contribution >= 4 is 11.8 Å². The van der Waals surface area contributed by atoms with Gasteiger partial charge in [0.2, 0.25) is 5.91 Å². The predicted molar refractivity (Wildman–Crippen MR) is 79.9 cm³/mol. The molecule has 0 saturated carbocycles.